The minimum Gasteiger partial charge on any atom is -0.495 e. The highest BCUT2D eigenvalue weighted by atomic mass is 127. The molecule has 2 aromatic rings. The molecule has 0 aliphatic rings. The molecule has 0 aliphatic heterocycles. The summed E-state index contributed by atoms with van der Waals surface area (Å²) in [6.45, 7) is 2.93. The molecule has 0 saturated heterocycles. The van der Waals surface area contributed by atoms with Gasteiger partial charge in [-0.25, -0.2) is 4.99 Å². The lowest BCUT2D eigenvalue weighted by atomic mass is 10.2. The number of ether oxygens (including phenoxy) is 2. The van der Waals surface area contributed by atoms with Crippen molar-refractivity contribution in [2.24, 2.45) is 10.7 Å². The third-order valence-corrected chi connectivity index (χ3v) is 3.35. The number of nitrogens with zero attached hydrogens (tertiary/aromatic N) is 1. The fourth-order valence-electron chi connectivity index (χ4n) is 1.97. The number of aliphatic imine (C=N–C) groups is 1. The standard InChI is InChI=1S/C17H20ClN3O2.HI/c1-12-4-3-5-14(10-12)23-9-8-20-17(19)21-13-6-7-16(22-2)15(18)11-13;/h3-7,10-11H,8-9H2,1-2H3,(H3,19,20,21);1H. The zero-order valence-electron chi connectivity index (χ0n) is 13.6. The number of nitrogens with two attached hydrogens (primary N) is 1. The van der Waals surface area contributed by atoms with E-state index in [1.54, 1.807) is 19.2 Å². The van der Waals surface area contributed by atoms with Crippen LogP contribution in [-0.2, 0) is 0 Å². The topological polar surface area (TPSA) is 68.9 Å². The quantitative estimate of drug-likeness (QED) is 0.294. The molecule has 2 aromatic carbocycles. The molecule has 0 aliphatic carbocycles. The van der Waals surface area contributed by atoms with Gasteiger partial charge in [0.25, 0.3) is 0 Å². The van der Waals surface area contributed by atoms with E-state index in [1.165, 1.54) is 0 Å². The molecule has 3 N–H and O–H groups in total. The van der Waals surface area contributed by atoms with Crippen LogP contribution >= 0.6 is 35.6 Å². The number of hydrogen-bond donors (Lipinski definition) is 2. The van der Waals surface area contributed by atoms with E-state index < -0.39 is 0 Å². The summed E-state index contributed by atoms with van der Waals surface area (Å²) in [5.41, 5.74) is 7.74. The first-order chi connectivity index (χ1) is 11.1. The van der Waals surface area contributed by atoms with E-state index >= 15 is 0 Å². The van der Waals surface area contributed by atoms with E-state index in [-0.39, 0.29) is 24.0 Å². The smallest absolute Gasteiger partial charge is 0.193 e. The van der Waals surface area contributed by atoms with Crippen molar-refractivity contribution >= 4 is 47.2 Å². The van der Waals surface area contributed by atoms with Gasteiger partial charge in [-0.15, -0.1) is 24.0 Å². The highest BCUT2D eigenvalue weighted by molar-refractivity contribution is 14.0. The van der Waals surface area contributed by atoms with Gasteiger partial charge in [0.1, 0.15) is 18.1 Å². The number of hydrogen-bond acceptors (Lipinski definition) is 3. The maximum absolute atomic E-state index is 6.05. The number of methoxy groups -OCH3 is 1. The molecule has 0 heterocycles. The van der Waals surface area contributed by atoms with E-state index in [2.05, 4.69) is 10.3 Å². The Morgan fingerprint density at radius 2 is 2.04 bits per heavy atom. The second kappa shape index (κ2) is 10.2. The molecule has 0 radical (unpaired) electrons. The molecule has 7 heteroatoms. The molecule has 0 unspecified atom stereocenters. The lowest BCUT2D eigenvalue weighted by Gasteiger charge is -2.09. The van der Waals surface area contributed by atoms with Gasteiger partial charge >= 0.3 is 0 Å². The Balaban J connectivity index is 0.00000288. The monoisotopic (exact) mass is 461 g/mol. The summed E-state index contributed by atoms with van der Waals surface area (Å²) in [5, 5.41) is 3.48. The minimum absolute atomic E-state index is 0. The number of benzene rings is 2. The molecular formula is C17H21ClIN3O2. The largest absolute Gasteiger partial charge is 0.495 e. The normalized spacial score (nSPS) is 10.7. The van der Waals surface area contributed by atoms with Crippen molar-refractivity contribution in [2.45, 2.75) is 6.92 Å². The van der Waals surface area contributed by atoms with Gasteiger partial charge < -0.3 is 20.5 Å². The van der Waals surface area contributed by atoms with Crippen LogP contribution in [0, 0.1) is 6.92 Å². The van der Waals surface area contributed by atoms with Crippen LogP contribution in [0.1, 0.15) is 5.56 Å². The maximum atomic E-state index is 6.05. The van der Waals surface area contributed by atoms with Gasteiger partial charge in [-0.3, -0.25) is 0 Å². The van der Waals surface area contributed by atoms with Crippen LogP contribution < -0.4 is 20.5 Å². The summed E-state index contributed by atoms with van der Waals surface area (Å²) in [5.74, 6) is 1.74. The lowest BCUT2D eigenvalue weighted by Crippen LogP contribution is -2.23. The van der Waals surface area contributed by atoms with Crippen LogP contribution in [0.2, 0.25) is 5.02 Å². The Labute approximate surface area is 164 Å². The van der Waals surface area contributed by atoms with Crippen molar-refractivity contribution in [3.05, 3.63) is 53.1 Å². The zero-order valence-corrected chi connectivity index (χ0v) is 16.7. The summed E-state index contributed by atoms with van der Waals surface area (Å²) < 4.78 is 10.7. The Morgan fingerprint density at radius 1 is 1.25 bits per heavy atom. The molecule has 24 heavy (non-hydrogen) atoms. The molecule has 5 nitrogen and oxygen atoms in total. The molecule has 0 spiro atoms. The van der Waals surface area contributed by atoms with Crippen LogP contribution in [0.15, 0.2) is 47.5 Å². The van der Waals surface area contributed by atoms with Gasteiger partial charge in [-0.05, 0) is 42.8 Å². The van der Waals surface area contributed by atoms with Crippen LogP contribution in [0.25, 0.3) is 0 Å². The number of guanidine groups is 1. The zero-order chi connectivity index (χ0) is 16.7. The first-order valence-electron chi connectivity index (χ1n) is 7.18. The van der Waals surface area contributed by atoms with Gasteiger partial charge in [-0.1, -0.05) is 23.7 Å². The fraction of sp³-hybridized carbons (Fsp3) is 0.235. The van der Waals surface area contributed by atoms with Crippen molar-refractivity contribution in [1.82, 2.24) is 0 Å². The van der Waals surface area contributed by atoms with Gasteiger partial charge in [-0.2, -0.15) is 0 Å². The van der Waals surface area contributed by atoms with Crippen LogP contribution in [0.3, 0.4) is 0 Å². The minimum atomic E-state index is 0. The highest BCUT2D eigenvalue weighted by Crippen LogP contribution is 2.26. The van der Waals surface area contributed by atoms with Crippen molar-refractivity contribution in [3.63, 3.8) is 0 Å². The molecular weight excluding hydrogens is 441 g/mol. The van der Waals surface area contributed by atoms with Crippen molar-refractivity contribution < 1.29 is 9.47 Å². The number of aryl methyl sites for hydroxylation is 1. The molecule has 130 valence electrons. The SMILES string of the molecule is COc1ccc(NC(N)=NCCOc2cccc(C)c2)cc1Cl.I. The molecule has 2 rings (SSSR count). The lowest BCUT2D eigenvalue weighted by molar-refractivity contribution is 0.328. The highest BCUT2D eigenvalue weighted by Gasteiger charge is 2.02. The summed E-state index contributed by atoms with van der Waals surface area (Å²) >= 11 is 6.05. The van der Waals surface area contributed by atoms with E-state index in [0.29, 0.717) is 29.9 Å². The second-order valence-electron chi connectivity index (χ2n) is 4.91. The van der Waals surface area contributed by atoms with Crippen molar-refractivity contribution in [3.8, 4) is 11.5 Å². The maximum Gasteiger partial charge on any atom is 0.193 e. The Kier molecular flexibility index (Phi) is 8.70. The summed E-state index contributed by atoms with van der Waals surface area (Å²) in [4.78, 5) is 4.21. The van der Waals surface area contributed by atoms with Gasteiger partial charge in [0.2, 0.25) is 0 Å². The molecule has 0 bridgehead atoms. The molecule has 0 fully saturated rings. The Hall–Kier alpha value is -1.67. The van der Waals surface area contributed by atoms with Crippen LogP contribution in [0.4, 0.5) is 5.69 Å². The molecule has 0 atom stereocenters. The predicted octanol–water partition coefficient (Wildman–Crippen LogP) is 4.08. The summed E-state index contributed by atoms with van der Waals surface area (Å²) in [7, 11) is 1.57. The summed E-state index contributed by atoms with van der Waals surface area (Å²) in [6.07, 6.45) is 0. The Morgan fingerprint density at radius 3 is 2.71 bits per heavy atom. The third kappa shape index (κ3) is 6.45. The number of nitrogens with one attached hydrogen (secondary N) is 1. The van der Waals surface area contributed by atoms with Crippen LogP contribution in [-0.4, -0.2) is 26.2 Å². The van der Waals surface area contributed by atoms with Crippen molar-refractivity contribution in [1.29, 1.82) is 0 Å². The molecule has 0 aromatic heterocycles. The first-order valence-corrected chi connectivity index (χ1v) is 7.56. The number of anilines is 1. The van der Waals surface area contributed by atoms with E-state index in [1.807, 2.05) is 37.3 Å². The summed E-state index contributed by atoms with van der Waals surface area (Å²) in [6, 6.07) is 13.2. The van der Waals surface area contributed by atoms with E-state index in [4.69, 9.17) is 26.8 Å². The van der Waals surface area contributed by atoms with Gasteiger partial charge in [0, 0.05) is 5.69 Å². The fourth-order valence-corrected chi connectivity index (χ4v) is 2.22. The molecule has 0 saturated carbocycles. The third-order valence-electron chi connectivity index (χ3n) is 3.06. The van der Waals surface area contributed by atoms with E-state index in [9.17, 15) is 0 Å². The Bertz CT molecular complexity index is 695. The number of rotatable bonds is 6. The van der Waals surface area contributed by atoms with Gasteiger partial charge in [0.15, 0.2) is 5.96 Å². The average Bonchev–Trinajstić information content (AvgIpc) is 2.52. The molecule has 0 amide bonds. The van der Waals surface area contributed by atoms with Gasteiger partial charge in [0.05, 0.1) is 18.7 Å². The first kappa shape index (κ1) is 20.4. The average molecular weight is 462 g/mol. The van der Waals surface area contributed by atoms with Crippen LogP contribution in [0.5, 0.6) is 11.5 Å². The predicted molar refractivity (Wildman–Crippen MR) is 110 cm³/mol. The van der Waals surface area contributed by atoms with Crippen molar-refractivity contribution in [2.75, 3.05) is 25.6 Å². The second-order valence-corrected chi connectivity index (χ2v) is 5.31. The van der Waals surface area contributed by atoms with E-state index in [0.717, 1.165) is 17.0 Å². The number of halogens is 2.